The van der Waals surface area contributed by atoms with E-state index < -0.39 is 17.1 Å². The topological polar surface area (TPSA) is 99.2 Å². The summed E-state index contributed by atoms with van der Waals surface area (Å²) in [5.41, 5.74) is 0.958. The highest BCUT2D eigenvalue weighted by atomic mass is 79.9. The fourth-order valence-electron chi connectivity index (χ4n) is 2.89. The molecule has 0 atom stereocenters. The van der Waals surface area contributed by atoms with Crippen LogP contribution in [0.2, 0.25) is 0 Å². The minimum absolute atomic E-state index is 0.171. The minimum atomic E-state index is -0.555. The molecule has 1 fully saturated rings. The van der Waals surface area contributed by atoms with Gasteiger partial charge in [0.25, 0.3) is 11.1 Å². The molecule has 0 aromatic heterocycles. The lowest BCUT2D eigenvalue weighted by atomic mass is 10.1. The molecule has 1 aliphatic heterocycles. The summed E-state index contributed by atoms with van der Waals surface area (Å²) in [7, 11) is 1.46. The Bertz CT molecular complexity index is 1110. The van der Waals surface area contributed by atoms with Gasteiger partial charge in [-0.05, 0) is 54.6 Å². The van der Waals surface area contributed by atoms with Gasteiger partial charge in [0.05, 0.1) is 25.2 Å². The second-order valence-corrected chi connectivity index (χ2v) is 8.61. The molecule has 1 aliphatic rings. The molecular formula is C23H20BrNO7S. The summed E-state index contributed by atoms with van der Waals surface area (Å²) in [5, 5.41) is -0.524. The molecule has 172 valence electrons. The molecule has 2 aromatic carbocycles. The Kier molecular flexibility index (Phi) is 8.29. The van der Waals surface area contributed by atoms with Gasteiger partial charge in [-0.3, -0.25) is 19.3 Å². The van der Waals surface area contributed by atoms with Crippen molar-refractivity contribution in [3.63, 3.8) is 0 Å². The number of thioether (sulfide) groups is 1. The summed E-state index contributed by atoms with van der Waals surface area (Å²) in [4.78, 5) is 50.3. The summed E-state index contributed by atoms with van der Waals surface area (Å²) in [5.74, 6) is -0.750. The number of esters is 1. The van der Waals surface area contributed by atoms with E-state index in [0.29, 0.717) is 16.9 Å². The van der Waals surface area contributed by atoms with Crippen LogP contribution in [-0.4, -0.2) is 54.7 Å². The zero-order valence-corrected chi connectivity index (χ0v) is 20.2. The van der Waals surface area contributed by atoms with Gasteiger partial charge in [0.15, 0.2) is 23.9 Å². The third kappa shape index (κ3) is 6.23. The summed E-state index contributed by atoms with van der Waals surface area (Å²) < 4.78 is 16.4. The number of hydrogen-bond acceptors (Lipinski definition) is 8. The second kappa shape index (κ2) is 11.2. The van der Waals surface area contributed by atoms with Crippen LogP contribution in [0.15, 0.2) is 51.8 Å². The number of rotatable bonds is 9. The van der Waals surface area contributed by atoms with Gasteiger partial charge >= 0.3 is 5.97 Å². The standard InChI is InChI=1S/C23H20BrNO7S/c1-3-31-21(27)13-32-19-10-14(4-9-18(19)30-2)11-20-22(28)25(23(29)33-20)12-17(26)15-5-7-16(24)8-6-15/h4-11H,3,12-13H2,1-2H3/b20-11-. The number of Topliss-reactive ketones (excluding diaryl/α,β-unsaturated/α-hetero) is 1. The second-order valence-electron chi connectivity index (χ2n) is 6.70. The molecule has 1 heterocycles. The van der Waals surface area contributed by atoms with E-state index in [4.69, 9.17) is 14.2 Å². The number of nitrogens with zero attached hydrogens (tertiary/aromatic N) is 1. The number of halogens is 1. The Labute approximate surface area is 203 Å². The summed E-state index contributed by atoms with van der Waals surface area (Å²) in [6.45, 7) is 1.28. The molecular weight excluding hydrogens is 514 g/mol. The van der Waals surface area contributed by atoms with Gasteiger partial charge in [-0.25, -0.2) is 4.79 Å². The largest absolute Gasteiger partial charge is 0.493 e. The monoisotopic (exact) mass is 533 g/mol. The summed E-state index contributed by atoms with van der Waals surface area (Å²) >= 11 is 4.05. The number of amides is 2. The molecule has 8 nitrogen and oxygen atoms in total. The van der Waals surface area contributed by atoms with Crippen molar-refractivity contribution in [1.29, 1.82) is 0 Å². The number of imide groups is 1. The average molecular weight is 534 g/mol. The number of methoxy groups -OCH3 is 1. The number of ether oxygens (including phenoxy) is 3. The maximum absolute atomic E-state index is 12.8. The predicted molar refractivity (Wildman–Crippen MR) is 126 cm³/mol. The van der Waals surface area contributed by atoms with Gasteiger partial charge in [0, 0.05) is 10.0 Å². The molecule has 0 spiro atoms. The Hall–Kier alpha value is -3.11. The maximum atomic E-state index is 12.8. The van der Waals surface area contributed by atoms with Crippen molar-refractivity contribution in [2.45, 2.75) is 6.92 Å². The lowest BCUT2D eigenvalue weighted by Gasteiger charge is -2.12. The van der Waals surface area contributed by atoms with E-state index in [1.165, 1.54) is 13.2 Å². The summed E-state index contributed by atoms with van der Waals surface area (Å²) in [6, 6.07) is 11.6. The third-order valence-electron chi connectivity index (χ3n) is 4.48. The number of carbonyl (C=O) groups excluding carboxylic acids is 4. The van der Waals surface area contributed by atoms with E-state index >= 15 is 0 Å². The van der Waals surface area contributed by atoms with Gasteiger partial charge in [0.2, 0.25) is 0 Å². The van der Waals surface area contributed by atoms with E-state index in [0.717, 1.165) is 21.1 Å². The predicted octanol–water partition coefficient (Wildman–Crippen LogP) is 4.32. The van der Waals surface area contributed by atoms with Crippen LogP contribution in [0.5, 0.6) is 11.5 Å². The zero-order valence-electron chi connectivity index (χ0n) is 17.8. The fraction of sp³-hybridized carbons (Fsp3) is 0.217. The molecule has 0 bridgehead atoms. The molecule has 10 heteroatoms. The number of ketones is 1. The Morgan fingerprint density at radius 3 is 2.48 bits per heavy atom. The highest BCUT2D eigenvalue weighted by Gasteiger charge is 2.36. The SMILES string of the molecule is CCOC(=O)COc1cc(/C=C2\SC(=O)N(CC(=O)c3ccc(Br)cc3)C2=O)ccc1OC. The molecule has 3 rings (SSSR count). The van der Waals surface area contributed by atoms with E-state index in [9.17, 15) is 19.2 Å². The van der Waals surface area contributed by atoms with Crippen LogP contribution in [0.25, 0.3) is 6.08 Å². The molecule has 0 N–H and O–H groups in total. The molecule has 0 saturated carbocycles. The Morgan fingerprint density at radius 1 is 1.09 bits per heavy atom. The van der Waals surface area contributed by atoms with E-state index in [1.54, 1.807) is 49.4 Å². The molecule has 1 saturated heterocycles. The van der Waals surface area contributed by atoms with Gasteiger partial charge in [0.1, 0.15) is 0 Å². The van der Waals surface area contributed by atoms with Gasteiger partial charge in [-0.15, -0.1) is 0 Å². The lowest BCUT2D eigenvalue weighted by Crippen LogP contribution is -2.33. The van der Waals surface area contributed by atoms with Crippen molar-refractivity contribution in [2.75, 3.05) is 26.9 Å². The first kappa shape index (κ1) is 24.5. The molecule has 2 aromatic rings. The quantitative estimate of drug-likeness (QED) is 0.267. The highest BCUT2D eigenvalue weighted by Crippen LogP contribution is 2.34. The molecule has 0 unspecified atom stereocenters. The first-order valence-corrected chi connectivity index (χ1v) is 11.4. The fourth-order valence-corrected chi connectivity index (χ4v) is 4.00. The molecule has 0 radical (unpaired) electrons. The van der Waals surface area contributed by atoms with Crippen LogP contribution in [0.1, 0.15) is 22.8 Å². The van der Waals surface area contributed by atoms with Crippen LogP contribution in [0.3, 0.4) is 0 Å². The van der Waals surface area contributed by atoms with Gasteiger partial charge in [-0.1, -0.05) is 34.1 Å². The molecule has 0 aliphatic carbocycles. The normalized spacial score (nSPS) is 14.5. The minimum Gasteiger partial charge on any atom is -0.493 e. The third-order valence-corrected chi connectivity index (χ3v) is 5.91. The van der Waals surface area contributed by atoms with Gasteiger partial charge < -0.3 is 14.2 Å². The first-order chi connectivity index (χ1) is 15.8. The van der Waals surface area contributed by atoms with Crippen molar-refractivity contribution < 1.29 is 33.4 Å². The van der Waals surface area contributed by atoms with E-state index in [-0.39, 0.29) is 36.2 Å². The zero-order chi connectivity index (χ0) is 24.0. The Balaban J connectivity index is 1.75. The van der Waals surface area contributed by atoms with Gasteiger partial charge in [-0.2, -0.15) is 0 Å². The van der Waals surface area contributed by atoms with Crippen molar-refractivity contribution in [1.82, 2.24) is 4.90 Å². The Morgan fingerprint density at radius 2 is 1.82 bits per heavy atom. The molecule has 2 amide bonds. The van der Waals surface area contributed by atoms with E-state index in [2.05, 4.69) is 15.9 Å². The average Bonchev–Trinajstić information content (AvgIpc) is 3.05. The van der Waals surface area contributed by atoms with Crippen molar-refractivity contribution in [2.24, 2.45) is 0 Å². The van der Waals surface area contributed by atoms with Crippen LogP contribution in [0.4, 0.5) is 4.79 Å². The van der Waals surface area contributed by atoms with E-state index in [1.807, 2.05) is 0 Å². The summed E-state index contributed by atoms with van der Waals surface area (Å²) in [6.07, 6.45) is 1.52. The number of carbonyl (C=O) groups is 4. The van der Waals surface area contributed by atoms with Crippen LogP contribution in [0, 0.1) is 0 Å². The van der Waals surface area contributed by atoms with Crippen LogP contribution in [-0.2, 0) is 14.3 Å². The number of hydrogen-bond donors (Lipinski definition) is 0. The number of benzene rings is 2. The highest BCUT2D eigenvalue weighted by molar-refractivity contribution is 9.10. The maximum Gasteiger partial charge on any atom is 0.344 e. The van der Waals surface area contributed by atoms with Crippen molar-refractivity contribution in [3.05, 3.63) is 63.0 Å². The van der Waals surface area contributed by atoms with Crippen molar-refractivity contribution in [3.8, 4) is 11.5 Å². The first-order valence-electron chi connectivity index (χ1n) is 9.83. The van der Waals surface area contributed by atoms with Crippen molar-refractivity contribution >= 4 is 56.7 Å². The smallest absolute Gasteiger partial charge is 0.344 e. The van der Waals surface area contributed by atoms with Crippen LogP contribution >= 0.6 is 27.7 Å². The lowest BCUT2D eigenvalue weighted by molar-refractivity contribution is -0.145. The molecule has 33 heavy (non-hydrogen) atoms. The van der Waals surface area contributed by atoms with Crippen LogP contribution < -0.4 is 9.47 Å².